The van der Waals surface area contributed by atoms with Crippen molar-refractivity contribution in [3.8, 4) is 5.75 Å². The van der Waals surface area contributed by atoms with Crippen LogP contribution >= 0.6 is 47.8 Å². The van der Waals surface area contributed by atoms with E-state index in [0.29, 0.717) is 25.4 Å². The highest BCUT2D eigenvalue weighted by atomic mass is 79.9. The highest BCUT2D eigenvalue weighted by Gasteiger charge is 2.15. The van der Waals surface area contributed by atoms with Crippen LogP contribution in [-0.4, -0.2) is 15.7 Å². The van der Waals surface area contributed by atoms with Gasteiger partial charge in [-0.15, -0.1) is 0 Å². The molecule has 0 spiro atoms. The quantitative estimate of drug-likeness (QED) is 0.0861. The number of hydrogen-bond donors (Lipinski definition) is 0. The summed E-state index contributed by atoms with van der Waals surface area (Å²) in [5.74, 6) is 0.389. The van der Waals surface area contributed by atoms with Gasteiger partial charge in [-0.1, -0.05) is 90.3 Å². The Balaban J connectivity index is 1.53. The van der Waals surface area contributed by atoms with Crippen LogP contribution in [0.2, 0.25) is 0 Å². The third-order valence-electron chi connectivity index (χ3n) is 6.21. The van der Waals surface area contributed by atoms with E-state index in [-0.39, 0.29) is 10.8 Å². The van der Waals surface area contributed by atoms with Crippen molar-refractivity contribution in [2.45, 2.75) is 24.5 Å². The topological polar surface area (TPSA) is 31.4 Å². The Morgan fingerprint density at radius 2 is 1.45 bits per heavy atom. The molecule has 0 fully saturated rings. The molecular weight excluding hydrogens is 677 g/mol. The Morgan fingerprint density at radius 1 is 0.789 bits per heavy atom. The van der Waals surface area contributed by atoms with E-state index < -0.39 is 0 Å². The van der Waals surface area contributed by atoms with Crippen molar-refractivity contribution in [2.24, 2.45) is 4.99 Å². The molecule has 0 saturated heterocycles. The molecule has 1 aromatic heterocycles. The van der Waals surface area contributed by atoms with E-state index in [9.17, 15) is 4.39 Å². The minimum Gasteiger partial charge on any atom is -0.494 e. The van der Waals surface area contributed by atoms with E-state index in [1.807, 2.05) is 18.2 Å². The lowest BCUT2D eigenvalue weighted by Crippen LogP contribution is -2.28. The van der Waals surface area contributed by atoms with E-state index in [0.717, 1.165) is 37.6 Å². The van der Waals surface area contributed by atoms with Gasteiger partial charge in [0.1, 0.15) is 16.5 Å². The van der Waals surface area contributed by atoms with Gasteiger partial charge in [-0.25, -0.2) is 9.38 Å². The van der Waals surface area contributed by atoms with E-state index in [4.69, 9.17) is 9.73 Å². The van der Waals surface area contributed by atoms with E-state index in [2.05, 4.69) is 112 Å². The van der Waals surface area contributed by atoms with Crippen LogP contribution in [0.3, 0.4) is 0 Å². The van der Waals surface area contributed by atoms with Crippen LogP contribution in [-0.2, 0) is 13.1 Å². The number of benzene rings is 4. The summed E-state index contributed by atoms with van der Waals surface area (Å²) in [4.78, 5) is 4.98. The Morgan fingerprint density at radius 3 is 2.16 bits per heavy atom. The predicted molar refractivity (Wildman–Crippen MR) is 161 cm³/mol. The first-order chi connectivity index (χ1) is 18.5. The fraction of sp³-hybridized carbons (Fsp3) is 0.167. The first-order valence-corrected chi connectivity index (χ1v) is 14.7. The molecule has 4 nitrogen and oxygen atoms in total. The monoisotopic (exact) mass is 699 g/mol. The molecule has 194 valence electrons. The number of ether oxygens (including phenoxy) is 1. The van der Waals surface area contributed by atoms with Gasteiger partial charge in [-0.05, 0) is 72.1 Å². The lowest BCUT2D eigenvalue weighted by atomic mass is 10.2. The molecule has 0 saturated carbocycles. The summed E-state index contributed by atoms with van der Waals surface area (Å²) >= 11 is 11.1. The van der Waals surface area contributed by atoms with Crippen molar-refractivity contribution >= 4 is 58.8 Å². The molecule has 0 bridgehead atoms. The molecular formula is C30H25Br3FN3O. The number of nitrogens with zero attached hydrogens (tertiary/aromatic N) is 3. The maximum absolute atomic E-state index is 13.2. The molecule has 1 atom stereocenters. The number of imidazole rings is 1. The molecule has 38 heavy (non-hydrogen) atoms. The van der Waals surface area contributed by atoms with Gasteiger partial charge >= 0.3 is 0 Å². The van der Waals surface area contributed by atoms with Crippen LogP contribution in [0, 0.1) is 5.82 Å². The first-order valence-electron chi connectivity index (χ1n) is 12.2. The van der Waals surface area contributed by atoms with Crippen molar-refractivity contribution in [1.29, 1.82) is 0 Å². The average molecular weight is 702 g/mol. The number of rotatable bonds is 9. The minimum absolute atomic E-state index is 0.223. The largest absolute Gasteiger partial charge is 0.494 e. The van der Waals surface area contributed by atoms with Crippen LogP contribution in [0.15, 0.2) is 111 Å². The Kier molecular flexibility index (Phi) is 8.82. The highest BCUT2D eigenvalue weighted by molar-refractivity contribution is 9.10. The number of para-hydroxylation sites is 2. The van der Waals surface area contributed by atoms with Gasteiger partial charge in [0.2, 0.25) is 5.62 Å². The molecule has 1 heterocycles. The summed E-state index contributed by atoms with van der Waals surface area (Å²) in [5, 5.41) is 0. The third kappa shape index (κ3) is 6.30. The Hall–Kier alpha value is -2.68. The predicted octanol–water partition coefficient (Wildman–Crippen LogP) is 8.62. The lowest BCUT2D eigenvalue weighted by Gasteiger charge is -2.11. The number of halogens is 4. The standard InChI is InChI=1S/C30H25Br3FN3O/c31-23-12-10-21(11-13-23)29(33)35-30-36(18-5-19-38-25-16-14-24(34)15-17-25)27-8-3-4-9-28(27)37(30)20-22-6-1-2-7-26(22)32/h1-4,6-17,29H,5,18-20H2. The van der Waals surface area contributed by atoms with Crippen LogP contribution in [0.1, 0.15) is 22.5 Å². The zero-order chi connectivity index (χ0) is 26.5. The maximum Gasteiger partial charge on any atom is 0.207 e. The van der Waals surface area contributed by atoms with Gasteiger partial charge in [0.15, 0.2) is 0 Å². The smallest absolute Gasteiger partial charge is 0.207 e. The third-order valence-corrected chi connectivity index (χ3v) is 8.25. The molecule has 0 radical (unpaired) electrons. The second-order valence-electron chi connectivity index (χ2n) is 8.79. The molecule has 0 amide bonds. The number of aryl methyl sites for hydroxylation is 1. The molecule has 0 N–H and O–H groups in total. The molecule has 1 unspecified atom stereocenters. The molecule has 0 aliphatic heterocycles. The van der Waals surface area contributed by atoms with Gasteiger partial charge < -0.3 is 13.9 Å². The maximum atomic E-state index is 13.2. The molecule has 5 aromatic rings. The SMILES string of the molecule is Fc1ccc(OCCCn2c(=NC(Br)c3ccc(Br)cc3)n(Cc3ccccc3Br)c3ccccc32)cc1. The highest BCUT2D eigenvalue weighted by Crippen LogP contribution is 2.26. The van der Waals surface area contributed by atoms with Crippen molar-refractivity contribution in [1.82, 2.24) is 9.13 Å². The van der Waals surface area contributed by atoms with Gasteiger partial charge in [0, 0.05) is 15.5 Å². The summed E-state index contributed by atoms with van der Waals surface area (Å²) in [6, 6.07) is 31.0. The first kappa shape index (κ1) is 26.9. The summed E-state index contributed by atoms with van der Waals surface area (Å²) in [6.45, 7) is 1.88. The normalized spacial score (nSPS) is 12.7. The zero-order valence-electron chi connectivity index (χ0n) is 20.4. The van der Waals surface area contributed by atoms with Crippen molar-refractivity contribution < 1.29 is 9.13 Å². The van der Waals surface area contributed by atoms with Gasteiger partial charge in [-0.2, -0.15) is 0 Å². The number of hydrogen-bond acceptors (Lipinski definition) is 2. The summed E-state index contributed by atoms with van der Waals surface area (Å²) in [7, 11) is 0. The van der Waals surface area contributed by atoms with Crippen molar-refractivity contribution in [2.75, 3.05) is 6.61 Å². The second kappa shape index (κ2) is 12.5. The van der Waals surface area contributed by atoms with Crippen LogP contribution < -0.4 is 10.4 Å². The molecule has 5 rings (SSSR count). The van der Waals surface area contributed by atoms with E-state index >= 15 is 0 Å². The fourth-order valence-corrected chi connectivity index (χ4v) is 5.50. The minimum atomic E-state index is -0.271. The summed E-state index contributed by atoms with van der Waals surface area (Å²) in [5.41, 5.74) is 5.32. The van der Waals surface area contributed by atoms with Crippen molar-refractivity contribution in [3.05, 3.63) is 129 Å². The lowest BCUT2D eigenvalue weighted by molar-refractivity contribution is 0.300. The average Bonchev–Trinajstić information content (AvgIpc) is 3.21. The Bertz CT molecular complexity index is 1590. The van der Waals surface area contributed by atoms with E-state index in [1.165, 1.54) is 17.7 Å². The van der Waals surface area contributed by atoms with Gasteiger partial charge in [0.05, 0.1) is 24.2 Å². The van der Waals surface area contributed by atoms with Crippen LogP contribution in [0.5, 0.6) is 5.75 Å². The van der Waals surface area contributed by atoms with Crippen molar-refractivity contribution in [3.63, 3.8) is 0 Å². The second-order valence-corrected chi connectivity index (χ2v) is 11.4. The van der Waals surface area contributed by atoms with Gasteiger partial charge in [-0.3, -0.25) is 0 Å². The fourth-order valence-electron chi connectivity index (χ4n) is 4.34. The Labute approximate surface area is 246 Å². The summed E-state index contributed by atoms with van der Waals surface area (Å²) in [6.07, 6.45) is 0.763. The van der Waals surface area contributed by atoms with Gasteiger partial charge in [0.25, 0.3) is 0 Å². The number of aromatic nitrogens is 2. The zero-order valence-corrected chi connectivity index (χ0v) is 25.2. The summed E-state index contributed by atoms with van der Waals surface area (Å²) < 4.78 is 25.7. The number of alkyl halides is 1. The molecule has 0 aliphatic carbocycles. The molecule has 0 aliphatic rings. The van der Waals surface area contributed by atoms with E-state index in [1.54, 1.807) is 12.1 Å². The molecule has 8 heteroatoms. The van der Waals surface area contributed by atoms with Crippen LogP contribution in [0.25, 0.3) is 11.0 Å². The number of fused-ring (bicyclic) bond motifs is 1. The molecule has 4 aromatic carbocycles. The van der Waals surface area contributed by atoms with Crippen LogP contribution in [0.4, 0.5) is 4.39 Å².